The number of halogens is 3. The average molecular weight is 676 g/mol. The van der Waals surface area contributed by atoms with Gasteiger partial charge in [0, 0.05) is 33.8 Å². The molecule has 13 heteroatoms. The van der Waals surface area contributed by atoms with Crippen LogP contribution in [0.4, 0.5) is 20.3 Å². The largest absolute Gasteiger partial charge is 0.488 e. The van der Waals surface area contributed by atoms with Crippen LogP contribution in [0.25, 0.3) is 22.2 Å². The van der Waals surface area contributed by atoms with Crippen LogP contribution in [0.5, 0.6) is 5.75 Å². The van der Waals surface area contributed by atoms with Crippen LogP contribution in [0.3, 0.4) is 0 Å². The fourth-order valence-electron chi connectivity index (χ4n) is 4.02. The van der Waals surface area contributed by atoms with Gasteiger partial charge in [-0.15, -0.1) is 11.3 Å². The number of anilines is 2. The van der Waals surface area contributed by atoms with E-state index in [1.54, 1.807) is 42.6 Å². The molecule has 42 heavy (non-hydrogen) atoms. The molecule has 5 rings (SSSR count). The lowest BCUT2D eigenvalue weighted by Gasteiger charge is -2.13. The van der Waals surface area contributed by atoms with E-state index in [1.807, 2.05) is 6.07 Å². The molecule has 0 spiro atoms. The zero-order valence-electron chi connectivity index (χ0n) is 22.5. The molecule has 0 amide bonds. The van der Waals surface area contributed by atoms with Crippen molar-refractivity contribution < 1.29 is 26.7 Å². The van der Waals surface area contributed by atoms with Crippen molar-refractivity contribution in [1.29, 1.82) is 0 Å². The van der Waals surface area contributed by atoms with Crippen molar-refractivity contribution in [3.05, 3.63) is 93.0 Å². The summed E-state index contributed by atoms with van der Waals surface area (Å²) in [5.74, 6) is 0.178. The van der Waals surface area contributed by atoms with Crippen LogP contribution in [-0.2, 0) is 27.8 Å². The first-order chi connectivity index (χ1) is 20.1. The molecule has 218 valence electrons. The summed E-state index contributed by atoms with van der Waals surface area (Å²) in [7, 11) is -3.35. The Morgan fingerprint density at radius 3 is 2.67 bits per heavy atom. The molecule has 0 radical (unpaired) electrons. The van der Waals surface area contributed by atoms with E-state index in [4.69, 9.17) is 9.47 Å². The Labute approximate surface area is 253 Å². The highest BCUT2D eigenvalue weighted by Crippen LogP contribution is 2.34. The van der Waals surface area contributed by atoms with Crippen LogP contribution >= 0.6 is 27.3 Å². The first kappa shape index (κ1) is 30.0. The quantitative estimate of drug-likeness (QED) is 0.154. The number of benzene rings is 3. The van der Waals surface area contributed by atoms with Gasteiger partial charge in [0.2, 0.25) is 0 Å². The second kappa shape index (κ2) is 12.8. The summed E-state index contributed by atoms with van der Waals surface area (Å²) >= 11 is 4.77. The van der Waals surface area contributed by atoms with Gasteiger partial charge in [-0.05, 0) is 64.8 Å². The predicted octanol–water partition coefficient (Wildman–Crippen LogP) is 7.41. The van der Waals surface area contributed by atoms with Crippen molar-refractivity contribution >= 4 is 59.5 Å². The normalized spacial score (nSPS) is 12.4. The highest BCUT2D eigenvalue weighted by molar-refractivity contribution is 9.10. The molecule has 1 N–H and O–H groups in total. The molecular formula is C29H25BrF2N4O4S2. The minimum atomic E-state index is -3.35. The standard InChI is InChI=1S/C29H25BrF2N4O4S2/c1-3-42(37,38)17(2)39-14-28-36-26(15-41-28)21-11-22-25(12-24(21)32)33-16-34-29(22)35-20-7-8-27(23(30)10-20)40-13-18-5-4-6-19(31)9-18/h4-12,15-17H,3,13-14H2,1-2H3,(H,33,34,35). The zero-order valence-corrected chi connectivity index (χ0v) is 25.7. The number of sulfone groups is 1. The van der Waals surface area contributed by atoms with E-state index in [0.717, 1.165) is 0 Å². The van der Waals surface area contributed by atoms with Gasteiger partial charge in [0.15, 0.2) is 15.3 Å². The summed E-state index contributed by atoms with van der Waals surface area (Å²) in [6.07, 6.45) is 1.35. The van der Waals surface area contributed by atoms with E-state index in [0.29, 0.717) is 48.9 Å². The van der Waals surface area contributed by atoms with E-state index in [-0.39, 0.29) is 30.3 Å². The minimum absolute atomic E-state index is 0.00694. The molecule has 0 saturated heterocycles. The molecule has 1 unspecified atom stereocenters. The van der Waals surface area contributed by atoms with Gasteiger partial charge >= 0.3 is 0 Å². The number of nitrogens with zero attached hydrogens (tertiary/aromatic N) is 3. The van der Waals surface area contributed by atoms with E-state index in [2.05, 4.69) is 36.2 Å². The SMILES string of the molecule is CCS(=O)(=O)C(C)OCc1nc(-c2cc3c(Nc4ccc(OCc5cccc(F)c5)c(Br)c4)ncnc3cc2F)cs1. The van der Waals surface area contributed by atoms with Crippen molar-refractivity contribution in [2.75, 3.05) is 11.1 Å². The summed E-state index contributed by atoms with van der Waals surface area (Å²) in [5, 5.41) is 6.04. The third kappa shape index (κ3) is 6.92. The number of ether oxygens (including phenoxy) is 2. The highest BCUT2D eigenvalue weighted by Gasteiger charge is 2.20. The Morgan fingerprint density at radius 1 is 1.07 bits per heavy atom. The minimum Gasteiger partial charge on any atom is -0.488 e. The number of rotatable bonds is 11. The summed E-state index contributed by atoms with van der Waals surface area (Å²) in [5.41, 5.74) is 1.47. The van der Waals surface area contributed by atoms with Gasteiger partial charge in [-0.2, -0.15) is 0 Å². The molecule has 0 aliphatic carbocycles. The molecule has 0 aliphatic rings. The Bertz CT molecular complexity index is 1850. The maximum atomic E-state index is 15.1. The van der Waals surface area contributed by atoms with Crippen LogP contribution in [0.15, 0.2) is 70.8 Å². The molecule has 1 atom stereocenters. The summed E-state index contributed by atoms with van der Waals surface area (Å²) in [6, 6.07) is 14.5. The van der Waals surface area contributed by atoms with Gasteiger partial charge in [0.05, 0.1) is 15.7 Å². The summed E-state index contributed by atoms with van der Waals surface area (Å²) in [4.78, 5) is 13.0. The smallest absolute Gasteiger partial charge is 0.176 e. The number of hydrogen-bond donors (Lipinski definition) is 1. The van der Waals surface area contributed by atoms with Crippen LogP contribution < -0.4 is 10.1 Å². The first-order valence-electron chi connectivity index (χ1n) is 12.8. The maximum Gasteiger partial charge on any atom is 0.176 e. The van der Waals surface area contributed by atoms with Crippen molar-refractivity contribution in [1.82, 2.24) is 15.0 Å². The Kier molecular flexibility index (Phi) is 9.11. The van der Waals surface area contributed by atoms with Crippen LogP contribution in [0.1, 0.15) is 24.4 Å². The average Bonchev–Trinajstić information content (AvgIpc) is 3.44. The third-order valence-corrected chi connectivity index (χ3v) is 9.77. The fourth-order valence-corrected chi connectivity index (χ4v) is 5.97. The number of thiazole rings is 1. The highest BCUT2D eigenvalue weighted by atomic mass is 79.9. The van der Waals surface area contributed by atoms with E-state index in [9.17, 15) is 12.8 Å². The Balaban J connectivity index is 1.34. The van der Waals surface area contributed by atoms with Crippen LogP contribution in [-0.4, -0.2) is 34.6 Å². The molecule has 2 aromatic heterocycles. The zero-order chi connectivity index (χ0) is 29.9. The van der Waals surface area contributed by atoms with E-state index < -0.39 is 21.1 Å². The summed E-state index contributed by atoms with van der Waals surface area (Å²) < 4.78 is 64.5. The fraction of sp³-hybridized carbons (Fsp3) is 0.207. The monoisotopic (exact) mass is 674 g/mol. The lowest BCUT2D eigenvalue weighted by molar-refractivity contribution is 0.103. The molecule has 0 fully saturated rings. The lowest BCUT2D eigenvalue weighted by Crippen LogP contribution is -2.22. The number of fused-ring (bicyclic) bond motifs is 1. The molecule has 8 nitrogen and oxygen atoms in total. The Morgan fingerprint density at radius 2 is 1.90 bits per heavy atom. The molecule has 3 aromatic carbocycles. The van der Waals surface area contributed by atoms with Crippen molar-refractivity contribution in [2.24, 2.45) is 0 Å². The van der Waals surface area contributed by atoms with E-state index in [1.165, 1.54) is 42.8 Å². The topological polar surface area (TPSA) is 103 Å². The van der Waals surface area contributed by atoms with Crippen LogP contribution in [0, 0.1) is 11.6 Å². The Hall–Kier alpha value is -3.52. The molecule has 0 bridgehead atoms. The first-order valence-corrected chi connectivity index (χ1v) is 16.2. The predicted molar refractivity (Wildman–Crippen MR) is 162 cm³/mol. The van der Waals surface area contributed by atoms with Gasteiger partial charge in [0.1, 0.15) is 47.8 Å². The number of aromatic nitrogens is 3. The molecule has 5 aromatic rings. The lowest BCUT2D eigenvalue weighted by atomic mass is 10.1. The van der Waals surface area contributed by atoms with Gasteiger partial charge in [-0.1, -0.05) is 19.1 Å². The maximum absolute atomic E-state index is 15.1. The summed E-state index contributed by atoms with van der Waals surface area (Å²) in [6.45, 7) is 3.24. The number of hydrogen-bond acceptors (Lipinski definition) is 9. The van der Waals surface area contributed by atoms with Gasteiger partial charge in [0.25, 0.3) is 0 Å². The molecule has 2 heterocycles. The second-order valence-corrected chi connectivity index (χ2v) is 13.6. The van der Waals surface area contributed by atoms with Crippen molar-refractivity contribution in [2.45, 2.75) is 32.5 Å². The second-order valence-electron chi connectivity index (χ2n) is 9.22. The van der Waals surface area contributed by atoms with Crippen LogP contribution in [0.2, 0.25) is 0 Å². The molecule has 0 saturated carbocycles. The molecular weight excluding hydrogens is 650 g/mol. The van der Waals surface area contributed by atoms with Crippen molar-refractivity contribution in [3.8, 4) is 17.0 Å². The third-order valence-electron chi connectivity index (χ3n) is 6.38. The van der Waals surface area contributed by atoms with Crippen molar-refractivity contribution in [3.63, 3.8) is 0 Å². The number of nitrogens with one attached hydrogen (secondary N) is 1. The molecule has 0 aliphatic heterocycles. The van der Waals surface area contributed by atoms with Gasteiger partial charge < -0.3 is 14.8 Å². The van der Waals surface area contributed by atoms with Gasteiger partial charge in [-0.25, -0.2) is 32.2 Å². The van der Waals surface area contributed by atoms with Gasteiger partial charge in [-0.3, -0.25) is 0 Å². The van der Waals surface area contributed by atoms with E-state index >= 15 is 4.39 Å².